The average molecular weight is 446 g/mol. The molecule has 3 N–H and O–H groups in total. The molecule has 1 heterocycles. The molecular weight excluding hydrogens is 420 g/mol. The van der Waals surface area contributed by atoms with Crippen LogP contribution in [-0.2, 0) is 19.1 Å². The molecule has 0 bridgehead atoms. The summed E-state index contributed by atoms with van der Waals surface area (Å²) in [6.07, 6.45) is 1.95. The van der Waals surface area contributed by atoms with Gasteiger partial charge in [0.05, 0.1) is 12.2 Å². The number of imide groups is 1. The van der Waals surface area contributed by atoms with E-state index in [0.29, 0.717) is 29.5 Å². The molecule has 11 nitrogen and oxygen atoms in total. The molecule has 0 radical (unpaired) electrons. The maximum atomic E-state index is 12.7. The number of anilines is 1. The molecule has 3 rings (SSSR count). The van der Waals surface area contributed by atoms with Gasteiger partial charge in [0, 0.05) is 5.69 Å². The topological polar surface area (TPSA) is 143 Å². The highest BCUT2D eigenvalue weighted by Crippen LogP contribution is 2.35. The van der Waals surface area contributed by atoms with E-state index in [-0.39, 0.29) is 12.2 Å². The predicted octanol–water partition coefficient (Wildman–Crippen LogP) is 1.94. The Hall–Kier alpha value is -3.63. The summed E-state index contributed by atoms with van der Waals surface area (Å²) in [5.41, 5.74) is 1.62. The zero-order valence-electron chi connectivity index (χ0n) is 17.9. The van der Waals surface area contributed by atoms with E-state index in [1.54, 1.807) is 13.0 Å². The molecule has 1 aromatic rings. The third-order valence-corrected chi connectivity index (χ3v) is 5.48. The lowest BCUT2D eigenvalue weighted by atomic mass is 9.77. The number of carbonyl (C=O) groups is 5. The Kier molecular flexibility index (Phi) is 6.96. The van der Waals surface area contributed by atoms with Gasteiger partial charge in [-0.25, -0.2) is 14.4 Å². The first-order valence-electron chi connectivity index (χ1n) is 10.4. The first-order chi connectivity index (χ1) is 15.2. The van der Waals surface area contributed by atoms with Crippen LogP contribution in [0.15, 0.2) is 24.3 Å². The number of esters is 1. The summed E-state index contributed by atoms with van der Waals surface area (Å²) in [7, 11) is 0. The highest BCUT2D eigenvalue weighted by molar-refractivity contribution is 6.08. The van der Waals surface area contributed by atoms with Crippen LogP contribution in [0.5, 0.6) is 0 Å². The van der Waals surface area contributed by atoms with E-state index < -0.39 is 42.1 Å². The number of hydrazine groups is 1. The molecule has 1 aromatic carbocycles. The summed E-state index contributed by atoms with van der Waals surface area (Å²) in [6, 6.07) is 5.18. The molecule has 2 fully saturated rings. The molecule has 0 atom stereocenters. The van der Waals surface area contributed by atoms with E-state index in [1.807, 2.05) is 0 Å². The van der Waals surface area contributed by atoms with Crippen LogP contribution in [0.1, 0.15) is 49.9 Å². The first-order valence-corrected chi connectivity index (χ1v) is 10.4. The quantitative estimate of drug-likeness (QED) is 0.448. The summed E-state index contributed by atoms with van der Waals surface area (Å²) in [4.78, 5) is 60.9. The molecule has 1 saturated heterocycles. The second-order valence-electron chi connectivity index (χ2n) is 7.87. The van der Waals surface area contributed by atoms with Crippen molar-refractivity contribution in [1.82, 2.24) is 15.8 Å². The van der Waals surface area contributed by atoms with Crippen LogP contribution in [0.25, 0.3) is 0 Å². The molecule has 1 spiro atoms. The molecular formula is C21H26N4O7. The monoisotopic (exact) mass is 446 g/mol. The highest BCUT2D eigenvalue weighted by atomic mass is 16.5. The maximum Gasteiger partial charge on any atom is 0.411 e. The minimum absolute atomic E-state index is 0.0948. The molecule has 2 aliphatic rings. The van der Waals surface area contributed by atoms with Gasteiger partial charge >= 0.3 is 18.1 Å². The van der Waals surface area contributed by atoms with E-state index in [1.165, 1.54) is 18.2 Å². The van der Waals surface area contributed by atoms with Gasteiger partial charge in [-0.3, -0.25) is 20.3 Å². The Morgan fingerprint density at radius 1 is 1.19 bits per heavy atom. The zero-order valence-corrected chi connectivity index (χ0v) is 17.9. The Labute approximate surface area is 184 Å². The third kappa shape index (κ3) is 5.16. The molecule has 172 valence electrons. The van der Waals surface area contributed by atoms with Crippen LogP contribution >= 0.6 is 0 Å². The van der Waals surface area contributed by atoms with Gasteiger partial charge in [-0.1, -0.05) is 13.0 Å². The maximum absolute atomic E-state index is 12.7. The van der Waals surface area contributed by atoms with E-state index in [4.69, 9.17) is 9.47 Å². The smallest absolute Gasteiger partial charge is 0.411 e. The number of nitrogens with zero attached hydrogens (tertiary/aromatic N) is 1. The number of rotatable bonds is 6. The average Bonchev–Trinajstić information content (AvgIpc) is 2.98. The van der Waals surface area contributed by atoms with Crippen molar-refractivity contribution in [2.45, 2.75) is 45.1 Å². The van der Waals surface area contributed by atoms with E-state index in [9.17, 15) is 24.0 Å². The van der Waals surface area contributed by atoms with Crippen LogP contribution in [0.3, 0.4) is 0 Å². The van der Waals surface area contributed by atoms with Crippen molar-refractivity contribution < 1.29 is 33.4 Å². The van der Waals surface area contributed by atoms with Crippen LogP contribution in [0.2, 0.25) is 0 Å². The van der Waals surface area contributed by atoms with Gasteiger partial charge in [0.1, 0.15) is 5.54 Å². The lowest BCUT2D eigenvalue weighted by Crippen LogP contribution is -2.52. The van der Waals surface area contributed by atoms with Crippen LogP contribution in [0, 0.1) is 5.92 Å². The van der Waals surface area contributed by atoms with Crippen LogP contribution in [-0.4, -0.2) is 53.7 Å². The predicted molar refractivity (Wildman–Crippen MR) is 111 cm³/mol. The van der Waals surface area contributed by atoms with Crippen LogP contribution < -0.4 is 16.1 Å². The summed E-state index contributed by atoms with van der Waals surface area (Å²) < 4.78 is 9.73. The minimum atomic E-state index is -0.986. The lowest BCUT2D eigenvalue weighted by Gasteiger charge is -2.33. The molecule has 0 unspecified atom stereocenters. The number of amides is 5. The van der Waals surface area contributed by atoms with Crippen molar-refractivity contribution in [3.63, 3.8) is 0 Å². The molecule has 1 aliphatic heterocycles. The highest BCUT2D eigenvalue weighted by Gasteiger charge is 2.52. The van der Waals surface area contributed by atoms with Gasteiger partial charge in [-0.15, -0.1) is 0 Å². The second-order valence-corrected chi connectivity index (χ2v) is 7.87. The number of hydrogen-bond acceptors (Lipinski definition) is 7. The fourth-order valence-corrected chi connectivity index (χ4v) is 3.70. The normalized spacial score (nSPS) is 22.3. The van der Waals surface area contributed by atoms with Gasteiger partial charge in [0.2, 0.25) is 0 Å². The van der Waals surface area contributed by atoms with Gasteiger partial charge in [0.25, 0.3) is 11.8 Å². The Morgan fingerprint density at radius 2 is 1.91 bits per heavy atom. The number of hydrogen-bond donors (Lipinski definition) is 3. The zero-order chi connectivity index (χ0) is 23.3. The third-order valence-electron chi connectivity index (χ3n) is 5.48. The molecule has 11 heteroatoms. The summed E-state index contributed by atoms with van der Waals surface area (Å²) in [6.45, 7) is 3.24. The second kappa shape index (κ2) is 9.67. The standard InChI is InChI=1S/C21H26N4O7/c1-3-31-20(30)22-15-6-4-5-14(11-15)17(27)32-12-16(26)24-25-18(28)21(23-19(25)29)9-7-13(2)8-10-21/h4-6,11,13H,3,7-10,12H2,1-2H3,(H,22,30)(H,23,29)(H,24,26). The largest absolute Gasteiger partial charge is 0.452 e. The van der Waals surface area contributed by atoms with E-state index in [2.05, 4.69) is 23.0 Å². The fourth-order valence-electron chi connectivity index (χ4n) is 3.70. The number of nitrogens with one attached hydrogen (secondary N) is 3. The van der Waals surface area contributed by atoms with Gasteiger partial charge in [-0.2, -0.15) is 5.01 Å². The molecule has 1 aliphatic carbocycles. The number of ether oxygens (including phenoxy) is 2. The first kappa shape index (κ1) is 23.0. The number of carbonyl (C=O) groups excluding carboxylic acids is 5. The summed E-state index contributed by atoms with van der Waals surface area (Å²) in [5.74, 6) is -1.68. The van der Waals surface area contributed by atoms with Crippen molar-refractivity contribution >= 4 is 35.6 Å². The van der Waals surface area contributed by atoms with Gasteiger partial charge < -0.3 is 14.8 Å². The fraction of sp³-hybridized carbons (Fsp3) is 0.476. The number of benzene rings is 1. The van der Waals surface area contributed by atoms with Crippen molar-refractivity contribution in [1.29, 1.82) is 0 Å². The van der Waals surface area contributed by atoms with Crippen molar-refractivity contribution in [2.24, 2.45) is 5.92 Å². The van der Waals surface area contributed by atoms with E-state index in [0.717, 1.165) is 12.8 Å². The van der Waals surface area contributed by atoms with Gasteiger partial charge in [-0.05, 0) is 56.7 Å². The SMILES string of the molecule is CCOC(=O)Nc1cccc(C(=O)OCC(=O)NN2C(=O)NC3(CCC(C)CC3)C2=O)c1. The molecule has 0 aromatic heterocycles. The van der Waals surface area contributed by atoms with Crippen molar-refractivity contribution in [2.75, 3.05) is 18.5 Å². The van der Waals surface area contributed by atoms with Crippen molar-refractivity contribution in [3.8, 4) is 0 Å². The molecule has 32 heavy (non-hydrogen) atoms. The summed E-state index contributed by atoms with van der Waals surface area (Å²) in [5, 5.41) is 5.79. The van der Waals surface area contributed by atoms with E-state index >= 15 is 0 Å². The Bertz CT molecular complexity index is 924. The van der Waals surface area contributed by atoms with Crippen molar-refractivity contribution in [3.05, 3.63) is 29.8 Å². The Balaban J connectivity index is 1.53. The molecule has 1 saturated carbocycles. The lowest BCUT2D eigenvalue weighted by molar-refractivity contribution is -0.141. The van der Waals surface area contributed by atoms with Crippen LogP contribution in [0.4, 0.5) is 15.3 Å². The molecule has 5 amide bonds. The number of urea groups is 1. The Morgan fingerprint density at radius 3 is 2.59 bits per heavy atom. The van der Waals surface area contributed by atoms with Gasteiger partial charge in [0.15, 0.2) is 6.61 Å². The minimum Gasteiger partial charge on any atom is -0.452 e. The summed E-state index contributed by atoms with van der Waals surface area (Å²) >= 11 is 0.